The lowest BCUT2D eigenvalue weighted by Crippen LogP contribution is -2.39. The predicted molar refractivity (Wildman–Crippen MR) is 72.2 cm³/mol. The second-order valence-corrected chi connectivity index (χ2v) is 5.42. The minimum Gasteiger partial charge on any atom is -0.389 e. The maximum atomic E-state index is 9.83. The van der Waals surface area contributed by atoms with Crippen molar-refractivity contribution >= 4 is 5.69 Å². The Kier molecular flexibility index (Phi) is 3.72. The van der Waals surface area contributed by atoms with Crippen LogP contribution in [-0.2, 0) is 0 Å². The van der Waals surface area contributed by atoms with Gasteiger partial charge in [-0.15, -0.1) is 0 Å². The quantitative estimate of drug-likeness (QED) is 0.847. The van der Waals surface area contributed by atoms with Gasteiger partial charge in [0.05, 0.1) is 6.10 Å². The van der Waals surface area contributed by atoms with Crippen LogP contribution in [-0.4, -0.2) is 18.2 Å². The zero-order valence-corrected chi connectivity index (χ0v) is 11.1. The minimum atomic E-state index is -0.388. The second-order valence-electron chi connectivity index (χ2n) is 5.42. The van der Waals surface area contributed by atoms with Crippen molar-refractivity contribution in [2.75, 3.05) is 18.0 Å². The number of benzene rings is 1. The Balaban J connectivity index is 2.22. The monoisotopic (exact) mass is 233 g/mol. The molecule has 1 aromatic rings. The van der Waals surface area contributed by atoms with Gasteiger partial charge in [0.2, 0.25) is 0 Å². The molecule has 1 N–H and O–H groups in total. The molecule has 0 spiro atoms. The molecular formula is C15H23NO. The molecular weight excluding hydrogens is 210 g/mol. The molecule has 1 aliphatic rings. The van der Waals surface area contributed by atoms with Crippen molar-refractivity contribution < 1.29 is 5.11 Å². The van der Waals surface area contributed by atoms with E-state index in [2.05, 4.69) is 30.9 Å². The van der Waals surface area contributed by atoms with Crippen LogP contribution in [0.4, 0.5) is 5.69 Å². The summed E-state index contributed by atoms with van der Waals surface area (Å²) in [6.45, 7) is 8.71. The number of piperidine rings is 1. The lowest BCUT2D eigenvalue weighted by Gasteiger charge is -2.38. The predicted octanol–water partition coefficient (Wildman–Crippen LogP) is 3.22. The summed E-state index contributed by atoms with van der Waals surface area (Å²) in [5.74, 6) is 1.54. The molecule has 1 saturated heterocycles. The zero-order chi connectivity index (χ0) is 12.4. The van der Waals surface area contributed by atoms with Crippen molar-refractivity contribution in [2.24, 2.45) is 11.8 Å². The molecule has 0 bridgehead atoms. The van der Waals surface area contributed by atoms with E-state index in [9.17, 15) is 5.11 Å². The van der Waals surface area contributed by atoms with Crippen molar-refractivity contribution in [3.05, 3.63) is 29.8 Å². The van der Waals surface area contributed by atoms with Crippen LogP contribution in [0.5, 0.6) is 0 Å². The maximum absolute atomic E-state index is 9.83. The third kappa shape index (κ3) is 2.63. The van der Waals surface area contributed by atoms with E-state index >= 15 is 0 Å². The second kappa shape index (κ2) is 5.09. The molecule has 2 nitrogen and oxygen atoms in total. The van der Waals surface area contributed by atoms with E-state index in [-0.39, 0.29) is 6.10 Å². The van der Waals surface area contributed by atoms with Crippen LogP contribution in [0.3, 0.4) is 0 Å². The van der Waals surface area contributed by atoms with E-state index in [1.165, 1.54) is 12.1 Å². The number of hydrogen-bond acceptors (Lipinski definition) is 2. The van der Waals surface area contributed by atoms with Gasteiger partial charge in [-0.05, 0) is 31.2 Å². The topological polar surface area (TPSA) is 23.5 Å². The third-order valence-electron chi connectivity index (χ3n) is 4.06. The molecule has 17 heavy (non-hydrogen) atoms. The number of nitrogens with zero attached hydrogens (tertiary/aromatic N) is 1. The largest absolute Gasteiger partial charge is 0.389 e. The lowest BCUT2D eigenvalue weighted by molar-refractivity contribution is 0.199. The lowest BCUT2D eigenvalue weighted by atomic mass is 9.88. The van der Waals surface area contributed by atoms with Crippen molar-refractivity contribution in [1.82, 2.24) is 0 Å². The summed E-state index contributed by atoms with van der Waals surface area (Å²) in [5.41, 5.74) is 2.26. The van der Waals surface area contributed by atoms with Gasteiger partial charge in [0.15, 0.2) is 0 Å². The highest BCUT2D eigenvalue weighted by molar-refractivity contribution is 5.54. The van der Waals surface area contributed by atoms with E-state index in [1.807, 2.05) is 19.1 Å². The molecule has 94 valence electrons. The van der Waals surface area contributed by atoms with Gasteiger partial charge in [-0.2, -0.15) is 0 Å². The standard InChI is InChI=1S/C15H23NO/c1-11-8-9-16(10-12(11)2)15-7-5-4-6-14(15)13(3)17/h4-7,11-13,17H,8-10H2,1-3H3/t11?,12?,13-/m0/s1. The van der Waals surface area contributed by atoms with Gasteiger partial charge in [-0.1, -0.05) is 32.0 Å². The molecule has 0 aliphatic carbocycles. The molecule has 1 aliphatic heterocycles. The summed E-state index contributed by atoms with van der Waals surface area (Å²) in [5, 5.41) is 9.83. The first-order valence-corrected chi connectivity index (χ1v) is 6.61. The zero-order valence-electron chi connectivity index (χ0n) is 11.1. The van der Waals surface area contributed by atoms with Gasteiger partial charge in [-0.25, -0.2) is 0 Å². The average Bonchev–Trinajstić information content (AvgIpc) is 2.32. The van der Waals surface area contributed by atoms with E-state index in [0.717, 1.165) is 30.5 Å². The summed E-state index contributed by atoms with van der Waals surface area (Å²) < 4.78 is 0. The first-order valence-electron chi connectivity index (χ1n) is 6.61. The van der Waals surface area contributed by atoms with Crippen LogP contribution in [0.15, 0.2) is 24.3 Å². The fraction of sp³-hybridized carbons (Fsp3) is 0.600. The van der Waals surface area contributed by atoms with Crippen LogP contribution in [0.1, 0.15) is 38.9 Å². The Hall–Kier alpha value is -1.02. The van der Waals surface area contributed by atoms with Gasteiger partial charge >= 0.3 is 0 Å². The molecule has 0 radical (unpaired) electrons. The Morgan fingerprint density at radius 3 is 2.59 bits per heavy atom. The van der Waals surface area contributed by atoms with Crippen molar-refractivity contribution in [3.63, 3.8) is 0 Å². The molecule has 1 fully saturated rings. The van der Waals surface area contributed by atoms with Gasteiger partial charge in [0, 0.05) is 24.3 Å². The van der Waals surface area contributed by atoms with Crippen LogP contribution in [0.2, 0.25) is 0 Å². The summed E-state index contributed by atoms with van der Waals surface area (Å²) in [4.78, 5) is 2.42. The highest BCUT2D eigenvalue weighted by Crippen LogP contribution is 2.31. The van der Waals surface area contributed by atoms with Crippen molar-refractivity contribution in [3.8, 4) is 0 Å². The Bertz CT molecular complexity index is 375. The molecule has 1 heterocycles. The summed E-state index contributed by atoms with van der Waals surface area (Å²) >= 11 is 0. The number of anilines is 1. The van der Waals surface area contributed by atoms with Crippen LogP contribution < -0.4 is 4.90 Å². The van der Waals surface area contributed by atoms with Crippen LogP contribution in [0.25, 0.3) is 0 Å². The minimum absolute atomic E-state index is 0.388. The Morgan fingerprint density at radius 2 is 1.94 bits per heavy atom. The van der Waals surface area contributed by atoms with E-state index < -0.39 is 0 Å². The number of aliphatic hydroxyl groups excluding tert-OH is 1. The first-order chi connectivity index (χ1) is 8.09. The van der Waals surface area contributed by atoms with Crippen molar-refractivity contribution in [2.45, 2.75) is 33.3 Å². The SMILES string of the molecule is CC1CCN(c2ccccc2[C@H](C)O)CC1C. The number of rotatable bonds is 2. The molecule has 2 rings (SSSR count). The summed E-state index contributed by atoms with van der Waals surface area (Å²) in [6, 6.07) is 8.22. The highest BCUT2D eigenvalue weighted by Gasteiger charge is 2.24. The fourth-order valence-electron chi connectivity index (χ4n) is 2.61. The molecule has 2 unspecified atom stereocenters. The maximum Gasteiger partial charge on any atom is 0.0781 e. The average molecular weight is 233 g/mol. The van der Waals surface area contributed by atoms with Gasteiger partial charge in [-0.3, -0.25) is 0 Å². The first kappa shape index (κ1) is 12.4. The van der Waals surface area contributed by atoms with Crippen LogP contribution in [0, 0.1) is 11.8 Å². The summed E-state index contributed by atoms with van der Waals surface area (Å²) in [7, 11) is 0. The fourth-order valence-corrected chi connectivity index (χ4v) is 2.61. The van der Waals surface area contributed by atoms with Crippen LogP contribution >= 0.6 is 0 Å². The molecule has 1 aromatic carbocycles. The third-order valence-corrected chi connectivity index (χ3v) is 4.06. The molecule has 0 saturated carbocycles. The Labute approximate surface area is 104 Å². The van der Waals surface area contributed by atoms with E-state index in [0.29, 0.717) is 0 Å². The number of aliphatic hydroxyl groups is 1. The summed E-state index contributed by atoms with van der Waals surface area (Å²) in [6.07, 6.45) is 0.857. The molecule has 0 aromatic heterocycles. The van der Waals surface area contributed by atoms with Gasteiger partial charge in [0.25, 0.3) is 0 Å². The molecule has 3 atom stereocenters. The van der Waals surface area contributed by atoms with E-state index in [1.54, 1.807) is 0 Å². The molecule has 2 heteroatoms. The normalized spacial score (nSPS) is 26.9. The highest BCUT2D eigenvalue weighted by atomic mass is 16.3. The Morgan fingerprint density at radius 1 is 1.24 bits per heavy atom. The number of para-hydroxylation sites is 1. The van der Waals surface area contributed by atoms with Crippen molar-refractivity contribution in [1.29, 1.82) is 0 Å². The van der Waals surface area contributed by atoms with Gasteiger partial charge < -0.3 is 10.0 Å². The molecule has 0 amide bonds. The smallest absolute Gasteiger partial charge is 0.0781 e. The van der Waals surface area contributed by atoms with E-state index in [4.69, 9.17) is 0 Å². The number of hydrogen-bond donors (Lipinski definition) is 1. The van der Waals surface area contributed by atoms with Gasteiger partial charge in [0.1, 0.15) is 0 Å².